The topological polar surface area (TPSA) is 132 Å². The quantitative estimate of drug-likeness (QED) is 0.406. The zero-order valence-corrected chi connectivity index (χ0v) is 22.2. The Morgan fingerprint density at radius 1 is 1.20 bits per heavy atom. The number of sulfonamides is 1. The lowest BCUT2D eigenvalue weighted by Gasteiger charge is -2.20. The first-order valence-corrected chi connectivity index (χ1v) is 15.7. The Morgan fingerprint density at radius 2 is 1.97 bits per heavy atom. The number of fused-ring (bicyclic) bond motifs is 1. The van der Waals surface area contributed by atoms with Crippen LogP contribution in [0.25, 0.3) is 10.2 Å². The molecule has 4 rings (SSSR count). The Labute approximate surface area is 210 Å². The molecule has 0 radical (unpaired) electrons. The highest BCUT2D eigenvalue weighted by atomic mass is 32.2. The number of ether oxygens (including phenoxy) is 1. The molecule has 0 spiro atoms. The molecule has 1 unspecified atom stereocenters. The normalized spacial score (nSPS) is 17.8. The minimum atomic E-state index is -3.84. The molecular weight excluding hydrogens is 535 g/mol. The molecule has 1 amide bonds. The van der Waals surface area contributed by atoms with Crippen molar-refractivity contribution in [1.82, 2.24) is 8.87 Å². The molecule has 0 N–H and O–H groups in total. The van der Waals surface area contributed by atoms with Gasteiger partial charge in [-0.1, -0.05) is 17.4 Å². The molecule has 1 fully saturated rings. The van der Waals surface area contributed by atoms with E-state index in [-0.39, 0.29) is 33.6 Å². The zero-order valence-electron chi connectivity index (χ0n) is 18.9. The number of nitrogens with zero attached hydrogens (tertiary/aromatic N) is 3. The van der Waals surface area contributed by atoms with Crippen LogP contribution in [0.2, 0.25) is 0 Å². The Bertz CT molecular complexity index is 1550. The molecule has 1 atom stereocenters. The largest absolute Gasteiger partial charge is 0.465 e. The molecule has 188 valence electrons. The standard InChI is InChI=1S/C21H23N3O7S4/c1-3-31-18(25)13-23-15-9-8-14(34(2,27)28)12-17(15)33-21(23)22-20(26)16-6-4-10-24(16)35(29,30)19-7-5-11-32-19/h5,7-9,11-12,16H,3-4,6,10,13H2,1-2H3. The summed E-state index contributed by atoms with van der Waals surface area (Å²) in [4.78, 5) is 29.9. The van der Waals surface area contributed by atoms with Gasteiger partial charge in [0.2, 0.25) is 0 Å². The van der Waals surface area contributed by atoms with E-state index >= 15 is 0 Å². The average Bonchev–Trinajstić information content (AvgIpc) is 3.54. The second kappa shape index (κ2) is 9.93. The number of aromatic nitrogens is 1. The van der Waals surface area contributed by atoms with Gasteiger partial charge < -0.3 is 9.30 Å². The minimum absolute atomic E-state index is 0.0939. The Hall–Kier alpha value is -2.39. The van der Waals surface area contributed by atoms with Crippen molar-refractivity contribution >= 4 is 64.6 Å². The smallest absolute Gasteiger partial charge is 0.326 e. The van der Waals surface area contributed by atoms with Crippen LogP contribution in [0.1, 0.15) is 19.8 Å². The number of sulfone groups is 1. The SMILES string of the molecule is CCOC(=O)Cn1c(=NC(=O)C2CCCN2S(=O)(=O)c2cccs2)sc2cc(S(C)(=O)=O)ccc21. The second-order valence-electron chi connectivity index (χ2n) is 7.83. The average molecular weight is 558 g/mol. The van der Waals surface area contributed by atoms with Crippen LogP contribution in [0.3, 0.4) is 0 Å². The third-order valence-electron chi connectivity index (χ3n) is 5.43. The van der Waals surface area contributed by atoms with Gasteiger partial charge in [-0.2, -0.15) is 9.30 Å². The van der Waals surface area contributed by atoms with Crippen LogP contribution >= 0.6 is 22.7 Å². The van der Waals surface area contributed by atoms with E-state index in [9.17, 15) is 26.4 Å². The lowest BCUT2D eigenvalue weighted by molar-refractivity contribution is -0.143. The number of amides is 1. The molecule has 1 aromatic carbocycles. The van der Waals surface area contributed by atoms with Crippen LogP contribution in [0.5, 0.6) is 0 Å². The van der Waals surface area contributed by atoms with Crippen molar-refractivity contribution in [1.29, 1.82) is 0 Å². The number of hydrogen-bond acceptors (Lipinski definition) is 9. The van der Waals surface area contributed by atoms with Crippen molar-refractivity contribution in [2.45, 2.75) is 41.5 Å². The molecule has 1 aliphatic rings. The van der Waals surface area contributed by atoms with Gasteiger partial charge in [-0.25, -0.2) is 16.8 Å². The van der Waals surface area contributed by atoms with Crippen molar-refractivity contribution in [2.75, 3.05) is 19.4 Å². The number of carbonyl (C=O) groups excluding carboxylic acids is 2. The Balaban J connectivity index is 1.78. The summed E-state index contributed by atoms with van der Waals surface area (Å²) in [7, 11) is -7.31. The molecule has 1 saturated heterocycles. The summed E-state index contributed by atoms with van der Waals surface area (Å²) in [5.74, 6) is -1.19. The highest BCUT2D eigenvalue weighted by Crippen LogP contribution is 2.29. The van der Waals surface area contributed by atoms with Crippen LogP contribution in [0, 0.1) is 0 Å². The summed E-state index contributed by atoms with van der Waals surface area (Å²) < 4.78 is 58.4. The lowest BCUT2D eigenvalue weighted by atomic mass is 10.2. The molecule has 0 aliphatic carbocycles. The maximum Gasteiger partial charge on any atom is 0.326 e. The summed E-state index contributed by atoms with van der Waals surface area (Å²) in [5, 5.41) is 1.66. The number of thiazole rings is 1. The van der Waals surface area contributed by atoms with Gasteiger partial charge in [0.05, 0.1) is 21.7 Å². The fourth-order valence-corrected chi connectivity index (χ4v) is 8.39. The highest BCUT2D eigenvalue weighted by molar-refractivity contribution is 7.91. The van der Waals surface area contributed by atoms with E-state index in [0.29, 0.717) is 23.1 Å². The third kappa shape index (κ3) is 5.26. The van der Waals surface area contributed by atoms with Gasteiger partial charge in [0.15, 0.2) is 14.6 Å². The van der Waals surface area contributed by atoms with Crippen molar-refractivity contribution in [3.05, 3.63) is 40.5 Å². The molecule has 0 saturated carbocycles. The minimum Gasteiger partial charge on any atom is -0.465 e. The molecule has 35 heavy (non-hydrogen) atoms. The van der Waals surface area contributed by atoms with Gasteiger partial charge in [0.1, 0.15) is 16.8 Å². The summed E-state index contributed by atoms with van der Waals surface area (Å²) in [5.41, 5.74) is 0.511. The predicted molar refractivity (Wildman–Crippen MR) is 131 cm³/mol. The predicted octanol–water partition coefficient (Wildman–Crippen LogP) is 2.01. The van der Waals surface area contributed by atoms with Crippen LogP contribution in [-0.4, -0.2) is 63.0 Å². The highest BCUT2D eigenvalue weighted by Gasteiger charge is 2.40. The number of hydrogen-bond donors (Lipinski definition) is 0. The van der Waals surface area contributed by atoms with Crippen LogP contribution < -0.4 is 4.80 Å². The number of carbonyl (C=O) groups is 2. The van der Waals surface area contributed by atoms with Crippen molar-refractivity contribution in [3.8, 4) is 0 Å². The summed E-state index contributed by atoms with van der Waals surface area (Å²) in [6.45, 7) is 1.81. The van der Waals surface area contributed by atoms with Crippen molar-refractivity contribution < 1.29 is 31.2 Å². The summed E-state index contributed by atoms with van der Waals surface area (Å²) in [6, 6.07) is 6.60. The van der Waals surface area contributed by atoms with Crippen LogP contribution in [0.4, 0.5) is 0 Å². The van der Waals surface area contributed by atoms with Crippen molar-refractivity contribution in [2.24, 2.45) is 4.99 Å². The maximum absolute atomic E-state index is 13.2. The van der Waals surface area contributed by atoms with Crippen LogP contribution in [-0.2, 0) is 40.7 Å². The molecule has 1 aliphatic heterocycles. The summed E-state index contributed by atoms with van der Waals surface area (Å²) >= 11 is 2.13. The van der Waals surface area contributed by atoms with Gasteiger partial charge in [0, 0.05) is 12.8 Å². The van der Waals surface area contributed by atoms with Gasteiger partial charge in [-0.3, -0.25) is 9.59 Å². The first-order chi connectivity index (χ1) is 16.5. The van der Waals surface area contributed by atoms with Crippen molar-refractivity contribution in [3.63, 3.8) is 0 Å². The van der Waals surface area contributed by atoms with E-state index in [1.807, 2.05) is 0 Å². The fraction of sp³-hybridized carbons (Fsp3) is 0.381. The number of benzene rings is 1. The molecule has 14 heteroatoms. The molecule has 0 bridgehead atoms. The van der Waals surface area contributed by atoms with Gasteiger partial charge in [0.25, 0.3) is 15.9 Å². The number of esters is 1. The maximum atomic E-state index is 13.2. The van der Waals surface area contributed by atoms with Crippen LogP contribution in [0.15, 0.2) is 49.8 Å². The molecular formula is C21H23N3O7S4. The Kier molecular flexibility index (Phi) is 7.29. The third-order valence-corrected chi connectivity index (χ3v) is 10.9. The molecule has 3 aromatic rings. The van der Waals surface area contributed by atoms with Gasteiger partial charge in [-0.05, 0) is 49.4 Å². The Morgan fingerprint density at radius 3 is 2.63 bits per heavy atom. The number of thiophene rings is 1. The first-order valence-electron chi connectivity index (χ1n) is 10.7. The van der Waals surface area contributed by atoms with Gasteiger partial charge in [-0.15, -0.1) is 11.3 Å². The molecule has 2 aromatic heterocycles. The lowest BCUT2D eigenvalue weighted by Crippen LogP contribution is -2.40. The van der Waals surface area contributed by atoms with E-state index in [4.69, 9.17) is 4.74 Å². The second-order valence-corrected chi connectivity index (χ2v) is 13.9. The molecule has 3 heterocycles. The van der Waals surface area contributed by atoms with E-state index in [1.165, 1.54) is 27.1 Å². The van der Waals surface area contributed by atoms with Gasteiger partial charge >= 0.3 is 5.97 Å². The van der Waals surface area contributed by atoms with E-state index in [2.05, 4.69) is 4.99 Å². The molecule has 10 nitrogen and oxygen atoms in total. The monoisotopic (exact) mass is 557 g/mol. The number of rotatable bonds is 7. The zero-order chi connectivity index (χ0) is 25.4. The van der Waals surface area contributed by atoms with E-state index < -0.39 is 37.8 Å². The van der Waals surface area contributed by atoms with E-state index in [0.717, 1.165) is 28.9 Å². The first kappa shape index (κ1) is 25.7. The van der Waals surface area contributed by atoms with E-state index in [1.54, 1.807) is 24.4 Å². The fourth-order valence-electron chi connectivity index (χ4n) is 3.83. The summed E-state index contributed by atoms with van der Waals surface area (Å²) in [6.07, 6.45) is 1.93.